The van der Waals surface area contributed by atoms with Crippen molar-refractivity contribution in [1.29, 1.82) is 0 Å². The molecule has 2 N–H and O–H groups in total. The minimum atomic E-state index is -0.375. The molecule has 0 unspecified atom stereocenters. The van der Waals surface area contributed by atoms with Crippen molar-refractivity contribution in [3.05, 3.63) is 82.4 Å². The van der Waals surface area contributed by atoms with Gasteiger partial charge >= 0.3 is 0 Å². The lowest BCUT2D eigenvalue weighted by atomic mass is 10.1. The van der Waals surface area contributed by atoms with Crippen LogP contribution in [-0.2, 0) is 13.1 Å². The molecule has 0 spiro atoms. The van der Waals surface area contributed by atoms with Gasteiger partial charge in [-0.15, -0.1) is 0 Å². The molecule has 3 rings (SSSR count). The predicted molar refractivity (Wildman–Crippen MR) is 117 cm³/mol. The first kappa shape index (κ1) is 21.2. The molecule has 7 heteroatoms. The van der Waals surface area contributed by atoms with Gasteiger partial charge in [-0.3, -0.25) is 14.8 Å². The van der Waals surface area contributed by atoms with E-state index in [1.807, 2.05) is 50.6 Å². The first-order chi connectivity index (χ1) is 14.4. The highest BCUT2D eigenvalue weighted by molar-refractivity contribution is 6.10. The second kappa shape index (κ2) is 9.35. The van der Waals surface area contributed by atoms with Crippen LogP contribution in [0.5, 0.6) is 0 Å². The van der Waals surface area contributed by atoms with Crippen LogP contribution in [0.1, 0.15) is 39.8 Å². The fraction of sp³-hybridized carbons (Fsp3) is 0.261. The van der Waals surface area contributed by atoms with Gasteiger partial charge < -0.3 is 5.32 Å². The van der Waals surface area contributed by atoms with E-state index in [0.29, 0.717) is 17.8 Å². The maximum Gasteiger partial charge on any atom is 0.258 e. The molecule has 1 aromatic heterocycles. The van der Waals surface area contributed by atoms with Gasteiger partial charge in [0.1, 0.15) is 5.82 Å². The van der Waals surface area contributed by atoms with E-state index >= 15 is 0 Å². The molecule has 30 heavy (non-hydrogen) atoms. The van der Waals surface area contributed by atoms with E-state index < -0.39 is 0 Å². The van der Waals surface area contributed by atoms with Crippen LogP contribution in [0.25, 0.3) is 0 Å². The molecule has 1 heterocycles. The summed E-state index contributed by atoms with van der Waals surface area (Å²) in [6.45, 7) is 8.96. The van der Waals surface area contributed by atoms with Crippen LogP contribution < -0.4 is 10.6 Å². The summed E-state index contributed by atoms with van der Waals surface area (Å²) in [5, 5.41) is 10.4. The van der Waals surface area contributed by atoms with Crippen molar-refractivity contribution in [3.8, 4) is 0 Å². The normalized spacial score (nSPS) is 11.4. The van der Waals surface area contributed by atoms with Gasteiger partial charge in [0.25, 0.3) is 5.91 Å². The molecule has 156 valence electrons. The average molecular weight is 407 g/mol. The number of carbonyl (C=O) groups excluding carboxylic acids is 1. The van der Waals surface area contributed by atoms with E-state index in [1.165, 1.54) is 12.1 Å². The third-order valence-electron chi connectivity index (χ3n) is 4.94. The number of guanidine groups is 1. The van der Waals surface area contributed by atoms with Gasteiger partial charge in [0, 0.05) is 29.1 Å². The quantitative estimate of drug-likeness (QED) is 0.487. The summed E-state index contributed by atoms with van der Waals surface area (Å²) in [6, 6.07) is 13.3. The highest BCUT2D eigenvalue weighted by Crippen LogP contribution is 2.15. The maximum atomic E-state index is 13.6. The van der Waals surface area contributed by atoms with E-state index in [4.69, 9.17) is 0 Å². The van der Waals surface area contributed by atoms with Crippen molar-refractivity contribution < 1.29 is 9.18 Å². The molecule has 0 aliphatic carbocycles. The average Bonchev–Trinajstić information content (AvgIpc) is 2.99. The minimum Gasteiger partial charge on any atom is -0.326 e. The summed E-state index contributed by atoms with van der Waals surface area (Å²) in [7, 11) is 0. The first-order valence-corrected chi connectivity index (χ1v) is 9.86. The number of nitrogens with zero attached hydrogens (tertiary/aromatic N) is 3. The summed E-state index contributed by atoms with van der Waals surface area (Å²) in [5.74, 6) is -0.411. The number of aliphatic imine (C=N–C) groups is 1. The second-order valence-electron chi connectivity index (χ2n) is 7.03. The number of aromatic nitrogens is 2. The molecule has 0 saturated heterocycles. The summed E-state index contributed by atoms with van der Waals surface area (Å²) in [5.41, 5.74) is 4.84. The predicted octanol–water partition coefficient (Wildman–Crippen LogP) is 4.37. The van der Waals surface area contributed by atoms with Crippen LogP contribution in [0.4, 0.5) is 10.1 Å². The fourth-order valence-corrected chi connectivity index (χ4v) is 3.24. The lowest BCUT2D eigenvalue weighted by Gasteiger charge is -2.13. The number of carbonyl (C=O) groups is 1. The molecule has 0 aliphatic heterocycles. The fourth-order valence-electron chi connectivity index (χ4n) is 3.24. The number of hydrogen-bond acceptors (Lipinski definition) is 3. The molecule has 0 aliphatic rings. The van der Waals surface area contributed by atoms with Crippen molar-refractivity contribution >= 4 is 17.6 Å². The Morgan fingerprint density at radius 3 is 2.57 bits per heavy atom. The third kappa shape index (κ3) is 4.92. The smallest absolute Gasteiger partial charge is 0.258 e. The second-order valence-corrected chi connectivity index (χ2v) is 7.03. The molecule has 6 nitrogen and oxygen atoms in total. The number of aryl methyl sites for hydroxylation is 3. The van der Waals surface area contributed by atoms with Crippen molar-refractivity contribution in [2.75, 3.05) is 5.32 Å². The van der Waals surface area contributed by atoms with Gasteiger partial charge in [-0.2, -0.15) is 5.10 Å². The number of halogens is 1. The van der Waals surface area contributed by atoms with Crippen LogP contribution in [0.15, 0.2) is 53.5 Å². The van der Waals surface area contributed by atoms with Crippen LogP contribution in [-0.4, -0.2) is 21.6 Å². The highest BCUT2D eigenvalue weighted by Gasteiger charge is 2.14. The lowest BCUT2D eigenvalue weighted by molar-refractivity contribution is 0.0976. The third-order valence-corrected chi connectivity index (χ3v) is 4.94. The van der Waals surface area contributed by atoms with E-state index in [1.54, 1.807) is 18.2 Å². The molecule has 0 fully saturated rings. The van der Waals surface area contributed by atoms with Gasteiger partial charge in [-0.25, -0.2) is 9.38 Å². The zero-order chi connectivity index (χ0) is 21.7. The molecule has 0 saturated carbocycles. The Labute approximate surface area is 175 Å². The zero-order valence-corrected chi connectivity index (χ0v) is 17.7. The van der Waals surface area contributed by atoms with Gasteiger partial charge in [-0.05, 0) is 57.5 Å². The highest BCUT2D eigenvalue weighted by atomic mass is 19.1. The number of rotatable bonds is 5. The standard InChI is InChI=1S/C23H26FN5O/c1-5-29-17(4)21(16(3)28-29)14-25-23(26-19-11-8-10-18(24)13-19)27-22(30)20-12-7-6-9-15(20)2/h6-13H,5,14H2,1-4H3,(H2,25,26,27,30). The van der Waals surface area contributed by atoms with Crippen LogP contribution in [0, 0.1) is 26.6 Å². The van der Waals surface area contributed by atoms with Crippen LogP contribution >= 0.6 is 0 Å². The Hall–Kier alpha value is -3.48. The SMILES string of the molecule is CCn1nc(C)c(CN=C(NC(=O)c2ccccc2C)Nc2cccc(F)c2)c1C. The number of anilines is 1. The Morgan fingerprint density at radius 2 is 1.90 bits per heavy atom. The van der Waals surface area contributed by atoms with E-state index in [2.05, 4.69) is 20.7 Å². The van der Waals surface area contributed by atoms with Crippen molar-refractivity contribution in [2.45, 2.75) is 40.8 Å². The number of hydrogen-bond donors (Lipinski definition) is 2. The molecule has 1 amide bonds. The number of amides is 1. The Balaban J connectivity index is 1.89. The van der Waals surface area contributed by atoms with Crippen LogP contribution in [0.2, 0.25) is 0 Å². The Bertz CT molecular complexity index is 1090. The van der Waals surface area contributed by atoms with E-state index in [-0.39, 0.29) is 17.7 Å². The zero-order valence-electron chi connectivity index (χ0n) is 17.7. The maximum absolute atomic E-state index is 13.6. The topological polar surface area (TPSA) is 71.3 Å². The van der Waals surface area contributed by atoms with E-state index in [9.17, 15) is 9.18 Å². The minimum absolute atomic E-state index is 0.247. The van der Waals surface area contributed by atoms with E-state index in [0.717, 1.165) is 29.1 Å². The first-order valence-electron chi connectivity index (χ1n) is 9.86. The molecule has 0 bridgehead atoms. The molecular formula is C23H26FN5O. The van der Waals surface area contributed by atoms with Gasteiger partial charge in [0.05, 0.1) is 12.2 Å². The summed E-state index contributed by atoms with van der Waals surface area (Å²) in [4.78, 5) is 17.4. The number of nitrogens with one attached hydrogen (secondary N) is 2. The van der Waals surface area contributed by atoms with Crippen molar-refractivity contribution in [3.63, 3.8) is 0 Å². The van der Waals surface area contributed by atoms with Gasteiger partial charge in [-0.1, -0.05) is 24.3 Å². The molecule has 0 atom stereocenters. The molecular weight excluding hydrogens is 381 g/mol. The van der Waals surface area contributed by atoms with Crippen molar-refractivity contribution in [1.82, 2.24) is 15.1 Å². The lowest BCUT2D eigenvalue weighted by Crippen LogP contribution is -2.36. The Morgan fingerprint density at radius 1 is 1.13 bits per heavy atom. The van der Waals surface area contributed by atoms with Gasteiger partial charge in [0.15, 0.2) is 0 Å². The summed E-state index contributed by atoms with van der Waals surface area (Å²) < 4.78 is 15.5. The van der Waals surface area contributed by atoms with Crippen molar-refractivity contribution in [2.24, 2.45) is 4.99 Å². The van der Waals surface area contributed by atoms with Gasteiger partial charge in [0.2, 0.25) is 5.96 Å². The monoisotopic (exact) mass is 407 g/mol. The number of benzene rings is 2. The molecule has 2 aromatic carbocycles. The molecule has 0 radical (unpaired) electrons. The molecule has 3 aromatic rings. The van der Waals surface area contributed by atoms with Crippen LogP contribution in [0.3, 0.4) is 0 Å². The summed E-state index contributed by atoms with van der Waals surface area (Å²) in [6.07, 6.45) is 0. The summed E-state index contributed by atoms with van der Waals surface area (Å²) >= 11 is 0. The Kier molecular flexibility index (Phi) is 6.61. The largest absolute Gasteiger partial charge is 0.326 e.